The van der Waals surface area contributed by atoms with Crippen molar-refractivity contribution >= 4 is 23.3 Å². The topological polar surface area (TPSA) is 89.6 Å². The Morgan fingerprint density at radius 2 is 1.62 bits per heavy atom. The molecule has 1 aliphatic rings. The summed E-state index contributed by atoms with van der Waals surface area (Å²) in [6, 6.07) is 19.0. The van der Waals surface area contributed by atoms with Gasteiger partial charge in [0.2, 0.25) is 0 Å². The Hall–Kier alpha value is -2.96. The van der Waals surface area contributed by atoms with Gasteiger partial charge in [-0.25, -0.2) is 0 Å². The zero-order chi connectivity index (χ0) is 20.4. The standard InChI is InChI=1S/C23H21NO4S/c24-19(12-21(25)26)22(20-10-5-11-29-20)23(27)28-13-18-16-8-3-1-6-14(16)15-7-2-4-9-17(15)18/h1-11,18-19,22H,12-13,24H2,(H,25,26)/t19-,22-/m0/s1. The van der Waals surface area contributed by atoms with Gasteiger partial charge in [-0.15, -0.1) is 11.3 Å². The van der Waals surface area contributed by atoms with E-state index >= 15 is 0 Å². The smallest absolute Gasteiger partial charge is 0.315 e. The minimum Gasteiger partial charge on any atom is -0.481 e. The Balaban J connectivity index is 1.56. The molecule has 1 aliphatic carbocycles. The van der Waals surface area contributed by atoms with Crippen molar-refractivity contribution in [3.63, 3.8) is 0 Å². The lowest BCUT2D eigenvalue weighted by atomic mass is 9.95. The Labute approximate surface area is 172 Å². The average Bonchev–Trinajstić information content (AvgIpc) is 3.33. The molecule has 148 valence electrons. The lowest BCUT2D eigenvalue weighted by Crippen LogP contribution is -2.36. The van der Waals surface area contributed by atoms with E-state index in [1.165, 1.54) is 11.3 Å². The first kappa shape index (κ1) is 19.4. The highest BCUT2D eigenvalue weighted by Crippen LogP contribution is 2.44. The first-order chi connectivity index (χ1) is 14.1. The van der Waals surface area contributed by atoms with Crippen LogP contribution in [0.4, 0.5) is 0 Å². The molecule has 3 N–H and O–H groups in total. The average molecular weight is 407 g/mol. The molecule has 0 saturated carbocycles. The summed E-state index contributed by atoms with van der Waals surface area (Å²) in [6.07, 6.45) is -0.299. The molecule has 0 aliphatic heterocycles. The largest absolute Gasteiger partial charge is 0.481 e. The van der Waals surface area contributed by atoms with Gasteiger partial charge in [0.1, 0.15) is 12.5 Å². The van der Waals surface area contributed by atoms with Gasteiger partial charge >= 0.3 is 11.9 Å². The monoisotopic (exact) mass is 407 g/mol. The summed E-state index contributed by atoms with van der Waals surface area (Å²) < 4.78 is 5.72. The number of nitrogens with two attached hydrogens (primary N) is 1. The van der Waals surface area contributed by atoms with Crippen molar-refractivity contribution in [3.05, 3.63) is 82.0 Å². The number of benzene rings is 2. The van der Waals surface area contributed by atoms with E-state index in [4.69, 9.17) is 15.6 Å². The van der Waals surface area contributed by atoms with Crippen molar-refractivity contribution in [2.24, 2.45) is 5.73 Å². The third-order valence-corrected chi connectivity index (χ3v) is 6.25. The number of carbonyl (C=O) groups excluding carboxylic acids is 1. The van der Waals surface area contributed by atoms with Gasteiger partial charge in [0.25, 0.3) is 0 Å². The van der Waals surface area contributed by atoms with Crippen LogP contribution in [0.25, 0.3) is 11.1 Å². The van der Waals surface area contributed by atoms with Crippen LogP contribution >= 0.6 is 11.3 Å². The predicted octanol–water partition coefficient (Wildman–Crippen LogP) is 3.99. The van der Waals surface area contributed by atoms with Crippen LogP contribution in [0.5, 0.6) is 0 Å². The highest BCUT2D eigenvalue weighted by molar-refractivity contribution is 7.10. The van der Waals surface area contributed by atoms with Crippen molar-refractivity contribution in [1.82, 2.24) is 0 Å². The van der Waals surface area contributed by atoms with E-state index < -0.39 is 23.9 Å². The second-order valence-corrected chi connectivity index (χ2v) is 8.09. The maximum absolute atomic E-state index is 13.0. The minimum atomic E-state index is -1.04. The Morgan fingerprint density at radius 3 is 2.17 bits per heavy atom. The van der Waals surface area contributed by atoms with Crippen LogP contribution in [-0.4, -0.2) is 29.7 Å². The number of carbonyl (C=O) groups is 2. The normalized spacial score (nSPS) is 14.7. The number of rotatable bonds is 7. The quantitative estimate of drug-likeness (QED) is 0.578. The Morgan fingerprint density at radius 1 is 1.00 bits per heavy atom. The van der Waals surface area contributed by atoms with Crippen LogP contribution in [0.2, 0.25) is 0 Å². The summed E-state index contributed by atoms with van der Waals surface area (Å²) in [5.74, 6) is -2.36. The minimum absolute atomic E-state index is 0.0500. The van der Waals surface area contributed by atoms with Crippen molar-refractivity contribution in [3.8, 4) is 11.1 Å². The van der Waals surface area contributed by atoms with E-state index in [1.807, 2.05) is 35.7 Å². The van der Waals surface area contributed by atoms with Gasteiger partial charge in [-0.1, -0.05) is 54.6 Å². The maximum Gasteiger partial charge on any atom is 0.315 e. The van der Waals surface area contributed by atoms with Crippen molar-refractivity contribution in [1.29, 1.82) is 0 Å². The number of carboxylic acids is 1. The van der Waals surface area contributed by atoms with Gasteiger partial charge in [0.15, 0.2) is 0 Å². The fourth-order valence-electron chi connectivity index (χ4n) is 3.98. The van der Waals surface area contributed by atoms with E-state index in [0.717, 1.165) is 27.1 Å². The van der Waals surface area contributed by atoms with Crippen LogP contribution in [0, 0.1) is 0 Å². The molecule has 4 rings (SSSR count). The van der Waals surface area contributed by atoms with Gasteiger partial charge in [-0.2, -0.15) is 0 Å². The van der Waals surface area contributed by atoms with E-state index in [1.54, 1.807) is 6.07 Å². The molecule has 0 amide bonds. The summed E-state index contributed by atoms with van der Waals surface area (Å²) >= 11 is 1.38. The molecule has 1 heterocycles. The fourth-order valence-corrected chi connectivity index (χ4v) is 4.87. The molecule has 0 radical (unpaired) electrons. The molecule has 6 heteroatoms. The van der Waals surface area contributed by atoms with Crippen LogP contribution in [-0.2, 0) is 14.3 Å². The Bertz CT molecular complexity index is 985. The van der Waals surface area contributed by atoms with E-state index in [9.17, 15) is 9.59 Å². The van der Waals surface area contributed by atoms with Crippen LogP contribution in [0.15, 0.2) is 66.0 Å². The molecular formula is C23H21NO4S. The van der Waals surface area contributed by atoms with Gasteiger partial charge in [-0.05, 0) is 33.7 Å². The molecule has 2 atom stereocenters. The number of ether oxygens (including phenoxy) is 1. The van der Waals surface area contributed by atoms with Crippen LogP contribution in [0.3, 0.4) is 0 Å². The number of esters is 1. The highest BCUT2D eigenvalue weighted by Gasteiger charge is 2.34. The highest BCUT2D eigenvalue weighted by atomic mass is 32.1. The molecule has 0 fully saturated rings. The third kappa shape index (κ3) is 3.81. The predicted molar refractivity (Wildman–Crippen MR) is 112 cm³/mol. The number of hydrogen-bond acceptors (Lipinski definition) is 5. The summed E-state index contributed by atoms with van der Waals surface area (Å²) in [5, 5.41) is 10.9. The number of hydrogen-bond donors (Lipinski definition) is 2. The maximum atomic E-state index is 13.0. The molecule has 29 heavy (non-hydrogen) atoms. The van der Waals surface area contributed by atoms with Crippen molar-refractivity contribution in [2.75, 3.05) is 6.61 Å². The van der Waals surface area contributed by atoms with Gasteiger partial charge in [0.05, 0.1) is 6.42 Å². The fraction of sp³-hybridized carbons (Fsp3) is 0.217. The third-order valence-electron chi connectivity index (χ3n) is 5.30. The Kier molecular flexibility index (Phi) is 5.47. The first-order valence-electron chi connectivity index (χ1n) is 9.42. The summed E-state index contributed by atoms with van der Waals surface area (Å²) in [7, 11) is 0. The molecule has 2 aromatic carbocycles. The van der Waals surface area contributed by atoms with Gasteiger partial charge in [0, 0.05) is 16.8 Å². The number of fused-ring (bicyclic) bond motifs is 3. The summed E-state index contributed by atoms with van der Waals surface area (Å²) in [4.78, 5) is 24.8. The van der Waals surface area contributed by atoms with Crippen LogP contribution in [0.1, 0.15) is 34.3 Å². The molecule has 0 spiro atoms. The summed E-state index contributed by atoms with van der Waals surface area (Å²) in [6.45, 7) is 0.189. The zero-order valence-electron chi connectivity index (χ0n) is 15.7. The second-order valence-electron chi connectivity index (χ2n) is 7.11. The second kappa shape index (κ2) is 8.19. The lowest BCUT2D eigenvalue weighted by Gasteiger charge is -2.22. The lowest BCUT2D eigenvalue weighted by molar-refractivity contribution is -0.146. The van der Waals surface area contributed by atoms with Crippen molar-refractivity contribution in [2.45, 2.75) is 24.3 Å². The number of aliphatic carboxylic acids is 1. The van der Waals surface area contributed by atoms with E-state index in [-0.39, 0.29) is 18.9 Å². The van der Waals surface area contributed by atoms with Gasteiger partial charge in [-0.3, -0.25) is 9.59 Å². The molecular weight excluding hydrogens is 386 g/mol. The molecule has 1 aromatic heterocycles. The number of carboxylic acid groups (broad SMARTS) is 1. The molecule has 0 unspecified atom stereocenters. The SMILES string of the molecule is N[C@@H](CC(=O)O)[C@H](C(=O)OCC1c2ccccc2-c2ccccc21)c1cccs1. The van der Waals surface area contributed by atoms with Crippen LogP contribution < -0.4 is 5.73 Å². The van der Waals surface area contributed by atoms with Gasteiger partial charge < -0.3 is 15.6 Å². The van der Waals surface area contributed by atoms with Crippen molar-refractivity contribution < 1.29 is 19.4 Å². The first-order valence-corrected chi connectivity index (χ1v) is 10.3. The zero-order valence-corrected chi connectivity index (χ0v) is 16.5. The molecule has 5 nitrogen and oxygen atoms in total. The van der Waals surface area contributed by atoms with E-state index in [2.05, 4.69) is 24.3 Å². The summed E-state index contributed by atoms with van der Waals surface area (Å²) in [5.41, 5.74) is 10.6. The number of thiophene rings is 1. The molecule has 3 aromatic rings. The van der Waals surface area contributed by atoms with E-state index in [0.29, 0.717) is 0 Å². The molecule has 0 saturated heterocycles. The molecule has 0 bridgehead atoms.